The molecule has 0 spiro atoms. The van der Waals surface area contributed by atoms with E-state index in [1.807, 2.05) is 4.90 Å². The summed E-state index contributed by atoms with van der Waals surface area (Å²) < 4.78 is 5.11. The number of nitrogens with two attached hydrogens (primary N) is 1. The SMILES string of the molecule is COc1ccc(C(=O)N2CCCC(C)CC2)cc1N. The number of rotatable bonds is 2. The Balaban J connectivity index is 2.12. The molecule has 1 fully saturated rings. The number of carbonyl (C=O) groups excluding carboxylic acids is 1. The van der Waals surface area contributed by atoms with Crippen molar-refractivity contribution >= 4 is 11.6 Å². The minimum absolute atomic E-state index is 0.0726. The highest BCUT2D eigenvalue weighted by Gasteiger charge is 2.20. The van der Waals surface area contributed by atoms with E-state index in [0.717, 1.165) is 25.9 Å². The van der Waals surface area contributed by atoms with Crippen LogP contribution in [0.2, 0.25) is 0 Å². The quantitative estimate of drug-likeness (QED) is 0.833. The molecule has 0 bridgehead atoms. The lowest BCUT2D eigenvalue weighted by atomic mass is 10.0. The average Bonchev–Trinajstić information content (AvgIpc) is 2.62. The highest BCUT2D eigenvalue weighted by atomic mass is 16.5. The van der Waals surface area contributed by atoms with E-state index in [9.17, 15) is 4.79 Å². The topological polar surface area (TPSA) is 55.6 Å². The summed E-state index contributed by atoms with van der Waals surface area (Å²) in [7, 11) is 1.57. The molecular formula is C15H22N2O2. The van der Waals surface area contributed by atoms with Crippen LogP contribution in [-0.4, -0.2) is 31.0 Å². The predicted molar refractivity (Wildman–Crippen MR) is 76.3 cm³/mol. The molecule has 19 heavy (non-hydrogen) atoms. The summed E-state index contributed by atoms with van der Waals surface area (Å²) in [5.41, 5.74) is 7.01. The molecule has 1 saturated heterocycles. The third-order valence-electron chi connectivity index (χ3n) is 3.78. The summed E-state index contributed by atoms with van der Waals surface area (Å²) >= 11 is 0. The van der Waals surface area contributed by atoms with Crippen molar-refractivity contribution < 1.29 is 9.53 Å². The first-order valence-corrected chi connectivity index (χ1v) is 6.84. The van der Waals surface area contributed by atoms with E-state index >= 15 is 0 Å². The van der Waals surface area contributed by atoms with E-state index in [-0.39, 0.29) is 5.91 Å². The zero-order valence-electron chi connectivity index (χ0n) is 11.7. The smallest absolute Gasteiger partial charge is 0.253 e. The van der Waals surface area contributed by atoms with Crippen LogP contribution >= 0.6 is 0 Å². The Hall–Kier alpha value is -1.71. The van der Waals surface area contributed by atoms with Gasteiger partial charge in [-0.25, -0.2) is 0 Å². The highest BCUT2D eigenvalue weighted by Crippen LogP contribution is 2.24. The van der Waals surface area contributed by atoms with Gasteiger partial charge in [0.15, 0.2) is 0 Å². The monoisotopic (exact) mass is 262 g/mol. The first-order valence-electron chi connectivity index (χ1n) is 6.84. The van der Waals surface area contributed by atoms with Crippen LogP contribution in [0.1, 0.15) is 36.5 Å². The van der Waals surface area contributed by atoms with Gasteiger partial charge >= 0.3 is 0 Å². The van der Waals surface area contributed by atoms with Crippen molar-refractivity contribution in [2.75, 3.05) is 25.9 Å². The van der Waals surface area contributed by atoms with Crippen molar-refractivity contribution in [3.05, 3.63) is 23.8 Å². The van der Waals surface area contributed by atoms with Gasteiger partial charge in [-0.05, 0) is 43.4 Å². The Morgan fingerprint density at radius 2 is 2.16 bits per heavy atom. The number of nitrogen functional groups attached to an aromatic ring is 1. The van der Waals surface area contributed by atoms with Crippen LogP contribution in [0.5, 0.6) is 5.75 Å². The lowest BCUT2D eigenvalue weighted by molar-refractivity contribution is 0.0760. The van der Waals surface area contributed by atoms with Crippen molar-refractivity contribution in [1.29, 1.82) is 0 Å². The molecule has 0 aliphatic carbocycles. The Bertz CT molecular complexity index is 459. The number of amides is 1. The fraction of sp³-hybridized carbons (Fsp3) is 0.533. The highest BCUT2D eigenvalue weighted by molar-refractivity contribution is 5.95. The molecule has 1 aliphatic heterocycles. The molecule has 104 valence electrons. The van der Waals surface area contributed by atoms with Gasteiger partial charge in [0.05, 0.1) is 12.8 Å². The summed E-state index contributed by atoms with van der Waals surface area (Å²) in [4.78, 5) is 14.4. The van der Waals surface area contributed by atoms with E-state index in [4.69, 9.17) is 10.5 Å². The number of nitrogens with zero attached hydrogens (tertiary/aromatic N) is 1. The number of benzene rings is 1. The van der Waals surface area contributed by atoms with Gasteiger partial charge in [-0.3, -0.25) is 4.79 Å². The van der Waals surface area contributed by atoms with Crippen LogP contribution in [0.3, 0.4) is 0 Å². The second-order valence-corrected chi connectivity index (χ2v) is 5.29. The predicted octanol–water partition coefficient (Wildman–Crippen LogP) is 2.54. The molecule has 2 rings (SSSR count). The van der Waals surface area contributed by atoms with E-state index in [1.165, 1.54) is 6.42 Å². The summed E-state index contributed by atoms with van der Waals surface area (Å²) in [6.07, 6.45) is 3.37. The van der Waals surface area contributed by atoms with Gasteiger partial charge in [-0.15, -0.1) is 0 Å². The molecule has 2 N–H and O–H groups in total. The van der Waals surface area contributed by atoms with E-state index in [1.54, 1.807) is 25.3 Å². The molecule has 1 amide bonds. The summed E-state index contributed by atoms with van der Waals surface area (Å²) in [5, 5.41) is 0. The molecule has 1 aromatic carbocycles. The molecule has 4 nitrogen and oxygen atoms in total. The minimum atomic E-state index is 0.0726. The Kier molecular flexibility index (Phi) is 4.30. The molecular weight excluding hydrogens is 240 g/mol. The zero-order chi connectivity index (χ0) is 13.8. The molecule has 1 aliphatic rings. The van der Waals surface area contributed by atoms with Crippen LogP contribution in [0.15, 0.2) is 18.2 Å². The first-order chi connectivity index (χ1) is 9.11. The normalized spacial score (nSPS) is 19.9. The number of hydrogen-bond acceptors (Lipinski definition) is 3. The molecule has 0 aromatic heterocycles. The van der Waals surface area contributed by atoms with E-state index < -0.39 is 0 Å². The summed E-state index contributed by atoms with van der Waals surface area (Å²) in [6, 6.07) is 5.24. The molecule has 1 aromatic rings. The average molecular weight is 262 g/mol. The molecule has 0 saturated carbocycles. The van der Waals surface area contributed by atoms with Crippen molar-refractivity contribution in [3.63, 3.8) is 0 Å². The van der Waals surface area contributed by atoms with Gasteiger partial charge in [0, 0.05) is 18.7 Å². The van der Waals surface area contributed by atoms with Crippen LogP contribution in [-0.2, 0) is 0 Å². The number of ether oxygens (including phenoxy) is 1. The van der Waals surface area contributed by atoms with Gasteiger partial charge in [-0.2, -0.15) is 0 Å². The van der Waals surface area contributed by atoms with Crippen molar-refractivity contribution in [3.8, 4) is 5.75 Å². The van der Waals surface area contributed by atoms with Crippen molar-refractivity contribution in [1.82, 2.24) is 4.90 Å². The third kappa shape index (κ3) is 3.19. The van der Waals surface area contributed by atoms with Gasteiger partial charge in [0.25, 0.3) is 5.91 Å². The van der Waals surface area contributed by atoms with Gasteiger partial charge in [-0.1, -0.05) is 6.92 Å². The molecule has 1 unspecified atom stereocenters. The maximum Gasteiger partial charge on any atom is 0.253 e. The third-order valence-corrected chi connectivity index (χ3v) is 3.78. The number of hydrogen-bond donors (Lipinski definition) is 1. The molecule has 4 heteroatoms. The lowest BCUT2D eigenvalue weighted by Crippen LogP contribution is -2.32. The fourth-order valence-corrected chi connectivity index (χ4v) is 2.52. The first kappa shape index (κ1) is 13.7. The number of carbonyl (C=O) groups is 1. The second-order valence-electron chi connectivity index (χ2n) is 5.29. The number of anilines is 1. The Morgan fingerprint density at radius 3 is 2.84 bits per heavy atom. The number of likely N-dealkylation sites (tertiary alicyclic amines) is 1. The van der Waals surface area contributed by atoms with Crippen molar-refractivity contribution in [2.45, 2.75) is 26.2 Å². The molecule has 0 radical (unpaired) electrons. The second kappa shape index (κ2) is 5.95. The van der Waals surface area contributed by atoms with Gasteiger partial charge in [0.1, 0.15) is 5.75 Å². The molecule has 1 atom stereocenters. The van der Waals surface area contributed by atoms with E-state index in [0.29, 0.717) is 22.9 Å². The lowest BCUT2D eigenvalue weighted by Gasteiger charge is -2.21. The largest absolute Gasteiger partial charge is 0.495 e. The van der Waals surface area contributed by atoms with Gasteiger partial charge in [0.2, 0.25) is 0 Å². The minimum Gasteiger partial charge on any atom is -0.495 e. The number of methoxy groups -OCH3 is 1. The van der Waals surface area contributed by atoms with Crippen LogP contribution in [0, 0.1) is 5.92 Å². The Labute approximate surface area is 114 Å². The fourth-order valence-electron chi connectivity index (χ4n) is 2.52. The van der Waals surface area contributed by atoms with Crippen LogP contribution < -0.4 is 10.5 Å². The maximum absolute atomic E-state index is 12.4. The van der Waals surface area contributed by atoms with E-state index in [2.05, 4.69) is 6.92 Å². The van der Waals surface area contributed by atoms with Crippen LogP contribution in [0.25, 0.3) is 0 Å². The Morgan fingerprint density at radius 1 is 1.37 bits per heavy atom. The van der Waals surface area contributed by atoms with Gasteiger partial charge < -0.3 is 15.4 Å². The summed E-state index contributed by atoms with van der Waals surface area (Å²) in [5.74, 6) is 1.39. The maximum atomic E-state index is 12.4. The van der Waals surface area contributed by atoms with Crippen molar-refractivity contribution in [2.24, 2.45) is 5.92 Å². The summed E-state index contributed by atoms with van der Waals surface area (Å²) in [6.45, 7) is 3.93. The zero-order valence-corrected chi connectivity index (χ0v) is 11.7. The van der Waals surface area contributed by atoms with Crippen LogP contribution in [0.4, 0.5) is 5.69 Å². The molecule has 1 heterocycles. The standard InChI is InChI=1S/C15H22N2O2/c1-11-4-3-8-17(9-7-11)15(18)12-5-6-14(19-2)13(16)10-12/h5-6,10-11H,3-4,7-9,16H2,1-2H3.